The molecule has 1 saturated heterocycles. The van der Waals surface area contributed by atoms with Crippen molar-refractivity contribution < 1.29 is 9.53 Å². The topological polar surface area (TPSA) is 41.9 Å². The van der Waals surface area contributed by atoms with Crippen molar-refractivity contribution in [2.75, 3.05) is 13.2 Å². The van der Waals surface area contributed by atoms with Crippen molar-refractivity contribution in [2.24, 2.45) is 4.99 Å². The fraction of sp³-hybridized carbons (Fsp3) is 0.385. The van der Waals surface area contributed by atoms with Gasteiger partial charge in [-0.05, 0) is 6.92 Å². The molecule has 3 rings (SSSR count). The van der Waals surface area contributed by atoms with E-state index in [1.54, 1.807) is 0 Å². The molecule has 1 aromatic carbocycles. The normalized spacial score (nSPS) is 27.9. The molecule has 0 unspecified atom stereocenters. The van der Waals surface area contributed by atoms with Crippen molar-refractivity contribution in [1.82, 2.24) is 4.90 Å². The van der Waals surface area contributed by atoms with Gasteiger partial charge in [-0.2, -0.15) is 0 Å². The predicted octanol–water partition coefficient (Wildman–Crippen LogP) is 1.39. The van der Waals surface area contributed by atoms with Crippen LogP contribution >= 0.6 is 0 Å². The highest BCUT2D eigenvalue weighted by Gasteiger charge is 2.41. The number of ether oxygens (including phenoxy) is 1. The highest BCUT2D eigenvalue weighted by atomic mass is 16.5. The average Bonchev–Trinajstić information content (AvgIpc) is 2.81. The summed E-state index contributed by atoms with van der Waals surface area (Å²) in [5.74, 6) is 0.0481. The molecule has 0 saturated carbocycles. The highest BCUT2D eigenvalue weighted by molar-refractivity contribution is 5.97. The Kier molecular flexibility index (Phi) is 2.44. The largest absolute Gasteiger partial charge is 0.351 e. The van der Waals surface area contributed by atoms with Gasteiger partial charge in [0.05, 0.1) is 12.6 Å². The number of hydrogen-bond donors (Lipinski definition) is 0. The van der Waals surface area contributed by atoms with Crippen molar-refractivity contribution in [1.29, 1.82) is 0 Å². The number of hydrogen-bond acceptors (Lipinski definition) is 3. The summed E-state index contributed by atoms with van der Waals surface area (Å²) < 4.78 is 5.75. The van der Waals surface area contributed by atoms with E-state index in [0.717, 1.165) is 11.3 Å². The molecule has 0 N–H and O–H groups in total. The van der Waals surface area contributed by atoms with Gasteiger partial charge in [-0.3, -0.25) is 9.79 Å². The Balaban J connectivity index is 1.95. The van der Waals surface area contributed by atoms with Crippen molar-refractivity contribution in [3.8, 4) is 0 Å². The van der Waals surface area contributed by atoms with Crippen LogP contribution < -0.4 is 0 Å². The predicted molar refractivity (Wildman–Crippen MR) is 63.7 cm³/mol. The van der Waals surface area contributed by atoms with E-state index in [4.69, 9.17) is 4.74 Å². The van der Waals surface area contributed by atoms with Gasteiger partial charge in [0.2, 0.25) is 5.91 Å². The SMILES string of the molecule is CC1=NCC(=O)N2[C@@H](c3ccccc3)OC[C@@H]12. The zero-order valence-electron chi connectivity index (χ0n) is 9.67. The van der Waals surface area contributed by atoms with E-state index >= 15 is 0 Å². The quantitative estimate of drug-likeness (QED) is 0.731. The highest BCUT2D eigenvalue weighted by Crippen LogP contribution is 2.32. The van der Waals surface area contributed by atoms with Crippen molar-refractivity contribution >= 4 is 11.6 Å². The minimum absolute atomic E-state index is 0.0152. The first-order chi connectivity index (χ1) is 8.27. The maximum atomic E-state index is 11.9. The molecule has 0 aliphatic carbocycles. The van der Waals surface area contributed by atoms with Crippen molar-refractivity contribution in [3.63, 3.8) is 0 Å². The number of nitrogens with zero attached hydrogens (tertiary/aromatic N) is 2. The first kappa shape index (κ1) is 10.5. The number of aliphatic imine (C=N–C) groups is 1. The number of carbonyl (C=O) groups excluding carboxylic acids is 1. The smallest absolute Gasteiger partial charge is 0.247 e. The van der Waals surface area contributed by atoms with Crippen LogP contribution in [0.15, 0.2) is 35.3 Å². The van der Waals surface area contributed by atoms with Crippen LogP contribution in [-0.2, 0) is 9.53 Å². The molecular formula is C13H14N2O2. The maximum Gasteiger partial charge on any atom is 0.247 e. The molecule has 2 aliphatic rings. The molecule has 17 heavy (non-hydrogen) atoms. The van der Waals surface area contributed by atoms with Gasteiger partial charge in [0.15, 0.2) is 6.23 Å². The summed E-state index contributed by atoms with van der Waals surface area (Å²) >= 11 is 0. The van der Waals surface area contributed by atoms with Gasteiger partial charge in [0.1, 0.15) is 6.54 Å². The van der Waals surface area contributed by atoms with Gasteiger partial charge in [0, 0.05) is 11.3 Å². The van der Waals surface area contributed by atoms with E-state index in [1.807, 2.05) is 42.2 Å². The van der Waals surface area contributed by atoms with Crippen LogP contribution in [0.4, 0.5) is 0 Å². The van der Waals surface area contributed by atoms with Gasteiger partial charge in [-0.1, -0.05) is 30.3 Å². The molecule has 2 atom stereocenters. The average molecular weight is 230 g/mol. The van der Waals surface area contributed by atoms with Gasteiger partial charge in [-0.25, -0.2) is 0 Å². The minimum atomic E-state index is -0.251. The van der Waals surface area contributed by atoms with Crippen LogP contribution in [0.2, 0.25) is 0 Å². The third kappa shape index (κ3) is 1.65. The van der Waals surface area contributed by atoms with E-state index < -0.39 is 0 Å². The zero-order valence-corrected chi connectivity index (χ0v) is 9.67. The Bertz CT molecular complexity index is 470. The molecule has 4 heteroatoms. The first-order valence-corrected chi connectivity index (χ1v) is 5.76. The zero-order chi connectivity index (χ0) is 11.8. The maximum absolute atomic E-state index is 11.9. The Morgan fingerprint density at radius 3 is 2.88 bits per heavy atom. The molecule has 0 spiro atoms. The lowest BCUT2D eigenvalue weighted by Gasteiger charge is -2.30. The van der Waals surface area contributed by atoms with Gasteiger partial charge < -0.3 is 9.64 Å². The van der Waals surface area contributed by atoms with E-state index in [-0.39, 0.29) is 24.7 Å². The summed E-state index contributed by atoms with van der Waals surface area (Å²) in [4.78, 5) is 18.0. The third-order valence-electron chi connectivity index (χ3n) is 3.32. The summed E-state index contributed by atoms with van der Waals surface area (Å²) in [5.41, 5.74) is 2.01. The number of amides is 1. The molecule has 4 nitrogen and oxygen atoms in total. The van der Waals surface area contributed by atoms with Crippen LogP contribution in [0.5, 0.6) is 0 Å². The molecule has 2 aliphatic heterocycles. The number of benzene rings is 1. The molecule has 0 radical (unpaired) electrons. The van der Waals surface area contributed by atoms with E-state index in [2.05, 4.69) is 4.99 Å². The monoisotopic (exact) mass is 230 g/mol. The third-order valence-corrected chi connectivity index (χ3v) is 3.32. The Hall–Kier alpha value is -1.68. The molecule has 1 fully saturated rings. The molecule has 0 bridgehead atoms. The van der Waals surface area contributed by atoms with E-state index in [9.17, 15) is 4.79 Å². The van der Waals surface area contributed by atoms with Crippen LogP contribution in [0.3, 0.4) is 0 Å². The second kappa shape index (κ2) is 3.96. The number of rotatable bonds is 1. The second-order valence-corrected chi connectivity index (χ2v) is 4.37. The molecule has 1 aromatic rings. The molecule has 1 amide bonds. The van der Waals surface area contributed by atoms with E-state index in [0.29, 0.717) is 6.61 Å². The van der Waals surface area contributed by atoms with Gasteiger partial charge in [0.25, 0.3) is 0 Å². The van der Waals surface area contributed by atoms with Crippen LogP contribution in [0, 0.1) is 0 Å². The molecule has 0 aromatic heterocycles. The molecule has 88 valence electrons. The lowest BCUT2D eigenvalue weighted by Crippen LogP contribution is -2.46. The van der Waals surface area contributed by atoms with E-state index in [1.165, 1.54) is 0 Å². The Morgan fingerprint density at radius 1 is 1.35 bits per heavy atom. The Labute approximate surface area is 99.9 Å². The first-order valence-electron chi connectivity index (χ1n) is 5.76. The fourth-order valence-electron chi connectivity index (χ4n) is 2.39. The molecular weight excluding hydrogens is 216 g/mol. The number of carbonyl (C=O) groups is 1. The van der Waals surface area contributed by atoms with Crippen LogP contribution in [-0.4, -0.2) is 35.7 Å². The summed E-state index contributed by atoms with van der Waals surface area (Å²) in [6, 6.07) is 9.87. The van der Waals surface area contributed by atoms with Crippen molar-refractivity contribution in [3.05, 3.63) is 35.9 Å². The van der Waals surface area contributed by atoms with Crippen molar-refractivity contribution in [2.45, 2.75) is 19.2 Å². The summed E-state index contributed by atoms with van der Waals surface area (Å²) in [7, 11) is 0. The Morgan fingerprint density at radius 2 is 2.12 bits per heavy atom. The van der Waals surface area contributed by atoms with Crippen LogP contribution in [0.25, 0.3) is 0 Å². The van der Waals surface area contributed by atoms with Gasteiger partial charge >= 0.3 is 0 Å². The summed E-state index contributed by atoms with van der Waals surface area (Å²) in [5, 5.41) is 0. The number of fused-ring (bicyclic) bond motifs is 1. The lowest BCUT2D eigenvalue weighted by molar-refractivity contribution is -0.136. The fourth-order valence-corrected chi connectivity index (χ4v) is 2.39. The molecule has 2 heterocycles. The lowest BCUT2D eigenvalue weighted by atomic mass is 10.1. The summed E-state index contributed by atoms with van der Waals surface area (Å²) in [6.45, 7) is 2.75. The van der Waals surface area contributed by atoms with Gasteiger partial charge in [-0.15, -0.1) is 0 Å². The standard InChI is InChI=1S/C13H14N2O2/c1-9-11-8-17-13(10-5-3-2-4-6-10)15(11)12(16)7-14-9/h2-6,11,13H,7-8H2,1H3/t11-,13+/m0/s1. The second-order valence-electron chi connectivity index (χ2n) is 4.37. The minimum Gasteiger partial charge on any atom is -0.351 e. The summed E-state index contributed by atoms with van der Waals surface area (Å²) in [6.07, 6.45) is -0.251. The van der Waals surface area contributed by atoms with Crippen LogP contribution in [0.1, 0.15) is 18.7 Å².